The van der Waals surface area contributed by atoms with Gasteiger partial charge in [-0.1, -0.05) is 0 Å². The third kappa shape index (κ3) is 11.8. The van der Waals surface area contributed by atoms with E-state index in [2.05, 4.69) is 4.62 Å². The fraction of sp³-hybridized carbons (Fsp3) is 0. The van der Waals surface area contributed by atoms with E-state index >= 15 is 0 Å². The molecule has 0 rings (SSSR count). The van der Waals surface area contributed by atoms with Crippen LogP contribution in [0.2, 0.25) is 0 Å². The summed E-state index contributed by atoms with van der Waals surface area (Å²) in [6, 6.07) is 0. The topological polar surface area (TPSA) is 103 Å². The van der Waals surface area contributed by atoms with Crippen molar-refractivity contribution in [3.8, 4) is 6.19 Å². The van der Waals surface area contributed by atoms with E-state index in [-0.39, 0.29) is 29.6 Å². The minimum atomic E-state index is -4.52. The second-order valence-corrected chi connectivity index (χ2v) is 1.96. The van der Waals surface area contributed by atoms with Crippen molar-refractivity contribution in [3.05, 3.63) is 0 Å². The zero-order chi connectivity index (χ0) is 6.62. The monoisotopic (exact) mass is 162 g/mol. The molecule has 0 atom stereocenters. The predicted octanol–water partition coefficient (Wildman–Crippen LogP) is -1.57. The van der Waals surface area contributed by atoms with E-state index in [1.807, 2.05) is 0 Å². The first kappa shape index (κ1) is 12.1. The van der Waals surface area contributed by atoms with Gasteiger partial charge in [-0.15, -0.1) is 0 Å². The van der Waals surface area contributed by atoms with E-state index in [0.717, 1.165) is 6.19 Å². The molecule has 0 aromatic carbocycles. The fourth-order valence-electron chi connectivity index (χ4n) is 0.0799. The van der Waals surface area contributed by atoms with Crippen LogP contribution >= 0.6 is 7.82 Å². The Morgan fingerprint density at radius 1 is 1.67 bits per heavy atom. The van der Waals surface area contributed by atoms with Crippen LogP contribution in [-0.4, -0.2) is 39.3 Å². The molecule has 0 aliphatic rings. The molecule has 0 spiro atoms. The van der Waals surface area contributed by atoms with Gasteiger partial charge in [-0.2, -0.15) is 15.4 Å². The van der Waals surface area contributed by atoms with E-state index in [0.29, 0.717) is 0 Å². The van der Waals surface area contributed by atoms with Crippen molar-refractivity contribution in [1.29, 1.82) is 5.26 Å². The van der Waals surface area contributed by atoms with Crippen LogP contribution in [0.25, 0.3) is 0 Å². The van der Waals surface area contributed by atoms with Gasteiger partial charge >= 0.3 is 37.4 Å². The first-order valence-electron chi connectivity index (χ1n) is 1.44. The van der Waals surface area contributed by atoms with Gasteiger partial charge in [0.2, 0.25) is 6.19 Å². The van der Waals surface area contributed by atoms with Gasteiger partial charge in [-0.05, 0) is 0 Å². The van der Waals surface area contributed by atoms with Crippen LogP contribution in [0.1, 0.15) is 0 Å². The van der Waals surface area contributed by atoms with Crippen LogP contribution in [-0.2, 0) is 9.19 Å². The van der Waals surface area contributed by atoms with Crippen LogP contribution in [0.15, 0.2) is 0 Å². The van der Waals surface area contributed by atoms with Gasteiger partial charge in [0.15, 0.2) is 0 Å². The zero-order valence-electron chi connectivity index (χ0n) is 3.61. The second kappa shape index (κ2) is 5.21. The Hall–Kier alpha value is 0.400. The van der Waals surface area contributed by atoms with Crippen LogP contribution < -0.4 is 5.48 Å². The summed E-state index contributed by atoms with van der Waals surface area (Å²) in [5.41, 5.74) is 1.33. The molecule has 9 heavy (non-hydrogen) atoms. The van der Waals surface area contributed by atoms with Gasteiger partial charge in [-0.3, -0.25) is 0 Å². The number of nitriles is 1. The summed E-state index contributed by atoms with van der Waals surface area (Å²) in [5.74, 6) is 0. The average molecular weight is 162 g/mol. The summed E-state index contributed by atoms with van der Waals surface area (Å²) in [7, 11) is -4.52. The Kier molecular flexibility index (Phi) is 7.01. The van der Waals surface area contributed by atoms with Gasteiger partial charge < -0.3 is 9.79 Å². The van der Waals surface area contributed by atoms with E-state index in [1.165, 1.54) is 5.48 Å². The number of hydroxylamine groups is 1. The molecule has 0 bridgehead atoms. The third-order valence-corrected chi connectivity index (χ3v) is 0.539. The van der Waals surface area contributed by atoms with Gasteiger partial charge in [0.25, 0.3) is 0 Å². The molecule has 3 N–H and O–H groups in total. The number of hydrogen-bond acceptors (Lipinski definition) is 4. The molecule has 0 aliphatic carbocycles. The van der Waals surface area contributed by atoms with E-state index < -0.39 is 7.82 Å². The predicted molar refractivity (Wildman–Crippen MR) is 29.0 cm³/mol. The summed E-state index contributed by atoms with van der Waals surface area (Å²) in [5, 5.41) is 7.60. The molecule has 48 valence electrons. The zero-order valence-corrected chi connectivity index (χ0v) is 4.50. The average Bonchev–Trinajstić information content (AvgIpc) is 1.59. The van der Waals surface area contributed by atoms with Crippen molar-refractivity contribution in [2.45, 2.75) is 0 Å². The normalized spacial score (nSPS) is 9.00. The van der Waals surface area contributed by atoms with Crippen molar-refractivity contribution in [3.63, 3.8) is 0 Å². The van der Waals surface area contributed by atoms with Gasteiger partial charge in [-0.25, -0.2) is 4.57 Å². The fourth-order valence-corrected chi connectivity index (χ4v) is 0.240. The Bertz CT molecular complexity index is 147. The molecule has 0 aliphatic heterocycles. The number of hydrogen-bond donors (Lipinski definition) is 3. The number of rotatable bonds is 2. The first-order valence-corrected chi connectivity index (χ1v) is 2.97. The van der Waals surface area contributed by atoms with Crippen molar-refractivity contribution >= 4 is 37.4 Å². The Morgan fingerprint density at radius 3 is 2.22 bits per heavy atom. The van der Waals surface area contributed by atoms with Crippen LogP contribution in [0, 0.1) is 11.5 Å². The second-order valence-electron chi connectivity index (χ2n) is 0.796. The van der Waals surface area contributed by atoms with E-state index in [9.17, 15) is 4.57 Å². The van der Waals surface area contributed by atoms with Gasteiger partial charge in [0, 0.05) is 0 Å². The van der Waals surface area contributed by atoms with Gasteiger partial charge in [0.05, 0.1) is 0 Å². The third-order valence-electron chi connectivity index (χ3n) is 0.210. The summed E-state index contributed by atoms with van der Waals surface area (Å²) < 4.78 is 13.1. The van der Waals surface area contributed by atoms with E-state index in [1.54, 1.807) is 0 Å². The van der Waals surface area contributed by atoms with Crippen LogP contribution in [0.4, 0.5) is 0 Å². The molecule has 8 heteroatoms. The minimum absolute atomic E-state index is 0. The number of nitrogens with zero attached hydrogens (tertiary/aromatic N) is 1. The SMILES string of the molecule is N#CNOP(=O)(O)O.[NaH]. The maximum absolute atomic E-state index is 9.65. The molecular formula is CH4N2NaO4P. The Balaban J connectivity index is 0. The molecule has 0 amide bonds. The Morgan fingerprint density at radius 2 is 2.11 bits per heavy atom. The van der Waals surface area contributed by atoms with Crippen LogP contribution in [0.3, 0.4) is 0 Å². The first-order chi connectivity index (χ1) is 3.56. The summed E-state index contributed by atoms with van der Waals surface area (Å²) >= 11 is 0. The quantitative estimate of drug-likeness (QED) is 0.149. The molecule has 0 saturated heterocycles. The number of nitrogens with one attached hydrogen (secondary N) is 1. The van der Waals surface area contributed by atoms with E-state index in [4.69, 9.17) is 15.0 Å². The van der Waals surface area contributed by atoms with Crippen LogP contribution in [0.5, 0.6) is 0 Å². The molecule has 0 saturated carbocycles. The van der Waals surface area contributed by atoms with Crippen molar-refractivity contribution in [2.24, 2.45) is 0 Å². The summed E-state index contributed by atoms with van der Waals surface area (Å²) in [6.45, 7) is 0. The van der Waals surface area contributed by atoms with Crippen molar-refractivity contribution < 1.29 is 19.0 Å². The van der Waals surface area contributed by atoms with Gasteiger partial charge in [0.1, 0.15) is 0 Å². The number of phosphoric acid groups is 1. The molecule has 0 aromatic heterocycles. The summed E-state index contributed by atoms with van der Waals surface area (Å²) in [4.78, 5) is 15.6. The molecule has 0 fully saturated rings. The molecule has 0 heterocycles. The van der Waals surface area contributed by atoms with Crippen molar-refractivity contribution in [2.75, 3.05) is 0 Å². The molecule has 6 nitrogen and oxygen atoms in total. The molecule has 0 unspecified atom stereocenters. The molecular weight excluding hydrogens is 158 g/mol. The summed E-state index contributed by atoms with van der Waals surface area (Å²) in [6.07, 6.45) is 1.16. The maximum atomic E-state index is 9.65. The van der Waals surface area contributed by atoms with Crippen molar-refractivity contribution in [1.82, 2.24) is 5.48 Å². The molecule has 0 aromatic rings. The molecule has 0 radical (unpaired) electrons. The standard InChI is InChI=1S/CH3N2O4P.Na.H/c2-1-3-7-8(4,5)6;;/h3H,(H2,4,5,6);;. The Labute approximate surface area is 73.3 Å².